The second-order valence-electron chi connectivity index (χ2n) is 9.25. The number of benzene rings is 3. The molecule has 2 amide bonds. The molecule has 0 fully saturated rings. The molecule has 0 saturated carbocycles. The van der Waals surface area contributed by atoms with Crippen LogP contribution in [0.15, 0.2) is 54.6 Å². The third kappa shape index (κ3) is 6.76. The zero-order valence-corrected chi connectivity index (χ0v) is 23.4. The molecule has 16 heteroatoms. The highest BCUT2D eigenvalue weighted by atomic mass is 19.4. The Balaban J connectivity index is 2.10. The van der Waals surface area contributed by atoms with Crippen LogP contribution >= 0.6 is 0 Å². The van der Waals surface area contributed by atoms with E-state index in [1.54, 1.807) is 6.92 Å². The second kappa shape index (κ2) is 13.0. The molecule has 3 rings (SSSR count). The largest absolute Gasteiger partial charge is 0.494 e. The average Bonchev–Trinajstić information content (AvgIpc) is 2.96. The van der Waals surface area contributed by atoms with Crippen LogP contribution in [0.3, 0.4) is 0 Å². The number of hydrogen-bond donors (Lipinski definition) is 1. The minimum Gasteiger partial charge on any atom is -0.494 e. The van der Waals surface area contributed by atoms with Crippen molar-refractivity contribution in [2.75, 3.05) is 23.9 Å². The maximum Gasteiger partial charge on any atom is 0.435 e. The number of halogens is 9. The van der Waals surface area contributed by atoms with Gasteiger partial charge < -0.3 is 19.7 Å². The quantitative estimate of drug-likeness (QED) is 0.241. The van der Waals surface area contributed by atoms with Crippen LogP contribution in [0.4, 0.5) is 50.9 Å². The molecule has 0 unspecified atom stereocenters. The molecule has 0 aliphatic rings. The first-order chi connectivity index (χ1) is 20.9. The minimum absolute atomic E-state index is 0.0383. The van der Waals surface area contributed by atoms with Crippen molar-refractivity contribution in [1.29, 1.82) is 5.26 Å². The lowest BCUT2D eigenvalue weighted by Gasteiger charge is -2.31. The zero-order valence-electron chi connectivity index (χ0n) is 23.4. The SMILES string of the molecule is CCN(C(=O)c1ccc(C#N)cc1)c1cccc(C(=O)Nc2c(C)cc(C(F)(C(F)(F)F)C(F)(F)F)cc2OC(F)F)c1OC. The third-order valence-electron chi connectivity index (χ3n) is 6.49. The van der Waals surface area contributed by atoms with Crippen molar-refractivity contribution in [1.82, 2.24) is 0 Å². The van der Waals surface area contributed by atoms with E-state index in [1.807, 2.05) is 6.07 Å². The molecule has 45 heavy (non-hydrogen) atoms. The number of rotatable bonds is 9. The number of nitrogens with zero attached hydrogens (tertiary/aromatic N) is 2. The fourth-order valence-electron chi connectivity index (χ4n) is 4.37. The lowest BCUT2D eigenvalue weighted by atomic mass is 9.92. The van der Waals surface area contributed by atoms with Crippen LogP contribution in [0, 0.1) is 18.3 Å². The summed E-state index contributed by atoms with van der Waals surface area (Å²) in [4.78, 5) is 27.8. The van der Waals surface area contributed by atoms with Crippen molar-refractivity contribution in [3.05, 3.63) is 82.4 Å². The normalized spacial score (nSPS) is 12.0. The van der Waals surface area contributed by atoms with Crippen LogP contribution in [-0.2, 0) is 5.67 Å². The lowest BCUT2D eigenvalue weighted by Crippen LogP contribution is -2.50. The van der Waals surface area contributed by atoms with Gasteiger partial charge in [0.2, 0.25) is 0 Å². The van der Waals surface area contributed by atoms with E-state index in [-0.39, 0.29) is 41.2 Å². The molecule has 1 N–H and O–H groups in total. The van der Waals surface area contributed by atoms with Gasteiger partial charge in [0.05, 0.1) is 35.7 Å². The number of nitriles is 1. The van der Waals surface area contributed by atoms with E-state index in [4.69, 9.17) is 10.00 Å². The predicted molar refractivity (Wildman–Crippen MR) is 142 cm³/mol. The van der Waals surface area contributed by atoms with Crippen molar-refractivity contribution in [2.45, 2.75) is 38.5 Å². The highest BCUT2D eigenvalue weighted by Crippen LogP contribution is 2.54. The molecular formula is C29H22F9N3O4. The Morgan fingerprint density at radius 2 is 1.58 bits per heavy atom. The smallest absolute Gasteiger partial charge is 0.435 e. The number of nitrogens with one attached hydrogen (secondary N) is 1. The number of ether oxygens (including phenoxy) is 2. The summed E-state index contributed by atoms with van der Waals surface area (Å²) in [6.07, 6.45) is -13.1. The van der Waals surface area contributed by atoms with Gasteiger partial charge in [-0.15, -0.1) is 0 Å². The van der Waals surface area contributed by atoms with Gasteiger partial charge in [0.15, 0.2) is 5.75 Å². The van der Waals surface area contributed by atoms with Crippen molar-refractivity contribution in [3.8, 4) is 17.6 Å². The number of aryl methyl sites for hydroxylation is 1. The van der Waals surface area contributed by atoms with E-state index >= 15 is 0 Å². The average molecular weight is 647 g/mol. The number of amides is 2. The van der Waals surface area contributed by atoms with Crippen LogP contribution in [-0.4, -0.2) is 44.4 Å². The van der Waals surface area contributed by atoms with E-state index in [0.717, 1.165) is 14.0 Å². The molecule has 0 aliphatic heterocycles. The molecule has 0 radical (unpaired) electrons. The van der Waals surface area contributed by atoms with Crippen molar-refractivity contribution >= 4 is 23.2 Å². The molecular weight excluding hydrogens is 625 g/mol. The summed E-state index contributed by atoms with van der Waals surface area (Å²) in [6.45, 7) is -1.33. The van der Waals surface area contributed by atoms with Crippen LogP contribution < -0.4 is 19.7 Å². The van der Waals surface area contributed by atoms with Gasteiger partial charge in [-0.3, -0.25) is 9.59 Å². The highest BCUT2D eigenvalue weighted by molar-refractivity contribution is 6.11. The number of alkyl halides is 9. The van der Waals surface area contributed by atoms with E-state index in [2.05, 4.69) is 10.1 Å². The monoisotopic (exact) mass is 647 g/mol. The number of methoxy groups -OCH3 is 1. The minimum atomic E-state index is -6.54. The Morgan fingerprint density at radius 1 is 0.978 bits per heavy atom. The fraction of sp³-hybridized carbons (Fsp3) is 0.276. The van der Waals surface area contributed by atoms with Crippen LogP contribution in [0.1, 0.15) is 44.3 Å². The molecule has 0 atom stereocenters. The first kappa shape index (κ1) is 34.5. The van der Waals surface area contributed by atoms with Gasteiger partial charge in [0.1, 0.15) is 5.75 Å². The number of carbonyl (C=O) groups excluding carboxylic acids is 2. The van der Waals surface area contributed by atoms with Gasteiger partial charge in [0.25, 0.3) is 11.8 Å². The Morgan fingerprint density at radius 3 is 2.07 bits per heavy atom. The molecule has 240 valence electrons. The lowest BCUT2D eigenvalue weighted by molar-refractivity contribution is -0.348. The van der Waals surface area contributed by atoms with Crippen molar-refractivity contribution < 1.29 is 58.6 Å². The summed E-state index contributed by atoms with van der Waals surface area (Å²) in [7, 11) is 1.14. The number of carbonyl (C=O) groups is 2. The second-order valence-corrected chi connectivity index (χ2v) is 9.25. The first-order valence-electron chi connectivity index (χ1n) is 12.6. The Labute approximate surface area is 249 Å². The Kier molecular flexibility index (Phi) is 9.95. The van der Waals surface area contributed by atoms with Crippen LogP contribution in [0.2, 0.25) is 0 Å². The van der Waals surface area contributed by atoms with Gasteiger partial charge in [-0.05, 0) is 67.9 Å². The van der Waals surface area contributed by atoms with Gasteiger partial charge in [-0.1, -0.05) is 6.07 Å². The molecule has 3 aromatic carbocycles. The maximum absolute atomic E-state index is 14.7. The van der Waals surface area contributed by atoms with Crippen molar-refractivity contribution in [2.24, 2.45) is 0 Å². The summed E-state index contributed by atoms with van der Waals surface area (Å²) in [6, 6.07) is 11.3. The summed E-state index contributed by atoms with van der Waals surface area (Å²) in [5.41, 5.74) is -9.37. The van der Waals surface area contributed by atoms with Crippen LogP contribution in [0.25, 0.3) is 0 Å². The van der Waals surface area contributed by atoms with Gasteiger partial charge in [-0.2, -0.15) is 40.4 Å². The third-order valence-corrected chi connectivity index (χ3v) is 6.49. The number of para-hydroxylation sites is 1. The predicted octanol–water partition coefficient (Wildman–Crippen LogP) is 7.69. The Bertz CT molecular complexity index is 1600. The van der Waals surface area contributed by atoms with E-state index < -0.39 is 59.0 Å². The van der Waals surface area contributed by atoms with E-state index in [1.165, 1.54) is 47.4 Å². The highest BCUT2D eigenvalue weighted by Gasteiger charge is 2.73. The summed E-state index contributed by atoms with van der Waals surface area (Å²) in [5, 5.41) is 11.1. The van der Waals surface area contributed by atoms with Gasteiger partial charge in [0, 0.05) is 17.7 Å². The molecule has 0 aromatic heterocycles. The maximum atomic E-state index is 14.7. The zero-order chi connectivity index (χ0) is 33.9. The summed E-state index contributed by atoms with van der Waals surface area (Å²) in [5.74, 6) is -3.34. The number of anilines is 2. The topological polar surface area (TPSA) is 91.7 Å². The van der Waals surface area contributed by atoms with Gasteiger partial charge in [-0.25, -0.2) is 4.39 Å². The van der Waals surface area contributed by atoms with E-state index in [0.29, 0.717) is 5.56 Å². The molecule has 0 spiro atoms. The molecule has 0 saturated heterocycles. The van der Waals surface area contributed by atoms with E-state index in [9.17, 15) is 49.1 Å². The molecule has 0 aliphatic carbocycles. The fourth-order valence-corrected chi connectivity index (χ4v) is 4.37. The molecule has 0 bridgehead atoms. The van der Waals surface area contributed by atoms with Crippen LogP contribution in [0.5, 0.6) is 11.5 Å². The summed E-state index contributed by atoms with van der Waals surface area (Å²) < 4.78 is 131. The summed E-state index contributed by atoms with van der Waals surface area (Å²) >= 11 is 0. The Hall–Kier alpha value is -4.94. The molecule has 7 nitrogen and oxygen atoms in total. The first-order valence-corrected chi connectivity index (χ1v) is 12.6. The standard InChI is InChI=1S/C29H22F9N3O4/c1-4-41(25(43)17-10-8-16(14-39)9-11-17)20-7-5-6-19(23(20)44-3)24(42)40-22-15(2)12-18(13-21(22)45-26(30)31)27(32,28(33,34)35)29(36,37)38/h5-13,26H,4H2,1-3H3,(H,40,42). The van der Waals surface area contributed by atoms with Crippen molar-refractivity contribution in [3.63, 3.8) is 0 Å². The molecule has 0 heterocycles. The van der Waals surface area contributed by atoms with Gasteiger partial charge >= 0.3 is 24.6 Å². The number of hydrogen-bond acceptors (Lipinski definition) is 5. The molecule has 3 aromatic rings.